The SMILES string of the molecule is CC(=O)OCCCn1c(=O)c2c(c(Br)cn2Cc2ccc(Cl)cc2)n(C)c1=O. The van der Waals surface area contributed by atoms with Crippen LogP contribution in [-0.4, -0.2) is 26.3 Å². The van der Waals surface area contributed by atoms with Crippen molar-refractivity contribution in [1.82, 2.24) is 13.7 Å². The summed E-state index contributed by atoms with van der Waals surface area (Å²) in [5.74, 6) is -0.392. The first kappa shape index (κ1) is 20.4. The van der Waals surface area contributed by atoms with Gasteiger partial charge < -0.3 is 9.30 Å². The third-order valence-corrected chi connectivity index (χ3v) is 5.24. The number of hydrogen-bond acceptors (Lipinski definition) is 4. The van der Waals surface area contributed by atoms with Crippen LogP contribution in [0.2, 0.25) is 5.02 Å². The van der Waals surface area contributed by atoms with Crippen molar-refractivity contribution < 1.29 is 9.53 Å². The molecule has 0 aliphatic rings. The summed E-state index contributed by atoms with van der Waals surface area (Å²) < 4.78 is 10.00. The molecule has 0 unspecified atom stereocenters. The highest BCUT2D eigenvalue weighted by atomic mass is 79.9. The van der Waals surface area contributed by atoms with Crippen molar-refractivity contribution in [1.29, 1.82) is 0 Å². The van der Waals surface area contributed by atoms with Crippen LogP contribution in [0.25, 0.3) is 11.0 Å². The number of benzene rings is 1. The van der Waals surface area contributed by atoms with Crippen LogP contribution in [0.5, 0.6) is 0 Å². The van der Waals surface area contributed by atoms with Crippen molar-refractivity contribution >= 4 is 44.5 Å². The number of ether oxygens (including phenoxy) is 1. The molecule has 9 heteroatoms. The number of hydrogen-bond donors (Lipinski definition) is 0. The zero-order valence-electron chi connectivity index (χ0n) is 15.4. The molecule has 28 heavy (non-hydrogen) atoms. The number of halogens is 2. The van der Waals surface area contributed by atoms with Gasteiger partial charge in [0.25, 0.3) is 5.56 Å². The van der Waals surface area contributed by atoms with Crippen molar-refractivity contribution in [2.45, 2.75) is 26.4 Å². The number of esters is 1. The Morgan fingerprint density at radius 2 is 1.86 bits per heavy atom. The van der Waals surface area contributed by atoms with Gasteiger partial charge in [0.05, 0.1) is 16.6 Å². The summed E-state index contributed by atoms with van der Waals surface area (Å²) in [5, 5.41) is 0.639. The molecule has 0 bridgehead atoms. The van der Waals surface area contributed by atoms with Crippen LogP contribution >= 0.6 is 27.5 Å². The van der Waals surface area contributed by atoms with Crippen LogP contribution < -0.4 is 11.2 Å². The van der Waals surface area contributed by atoms with Gasteiger partial charge in [0, 0.05) is 38.3 Å². The molecule has 0 fully saturated rings. The summed E-state index contributed by atoms with van der Waals surface area (Å²) >= 11 is 9.40. The molecular weight excluding hydrogens is 450 g/mol. The summed E-state index contributed by atoms with van der Waals surface area (Å²) in [6, 6.07) is 7.37. The zero-order chi connectivity index (χ0) is 20.4. The minimum absolute atomic E-state index is 0.151. The van der Waals surface area contributed by atoms with Crippen molar-refractivity contribution in [3.8, 4) is 0 Å². The maximum atomic E-state index is 13.1. The van der Waals surface area contributed by atoms with Crippen LogP contribution in [0.15, 0.2) is 44.5 Å². The molecular formula is C19H19BrClN3O4. The second-order valence-electron chi connectivity index (χ2n) is 6.42. The van der Waals surface area contributed by atoms with E-state index in [0.29, 0.717) is 33.5 Å². The standard InChI is InChI=1S/C19H19BrClN3O4/c1-12(25)28-9-3-8-24-18(26)17-16(22(2)19(24)27)15(20)11-23(17)10-13-4-6-14(21)7-5-13/h4-7,11H,3,8-10H2,1-2H3. The third-order valence-electron chi connectivity index (χ3n) is 4.41. The van der Waals surface area contributed by atoms with E-state index in [4.69, 9.17) is 16.3 Å². The molecule has 0 aliphatic heterocycles. The van der Waals surface area contributed by atoms with E-state index in [-0.39, 0.29) is 18.7 Å². The van der Waals surface area contributed by atoms with Gasteiger partial charge in [-0.3, -0.25) is 18.7 Å². The van der Waals surface area contributed by atoms with Crippen molar-refractivity contribution in [3.63, 3.8) is 0 Å². The molecule has 0 atom stereocenters. The Labute approximate surface area is 174 Å². The highest BCUT2D eigenvalue weighted by Gasteiger charge is 2.18. The van der Waals surface area contributed by atoms with Crippen molar-refractivity contribution in [2.24, 2.45) is 7.05 Å². The number of rotatable bonds is 6. The topological polar surface area (TPSA) is 75.2 Å². The van der Waals surface area contributed by atoms with Gasteiger partial charge in [0.2, 0.25) is 0 Å². The molecule has 1 aromatic carbocycles. The van der Waals surface area contributed by atoms with E-state index in [1.54, 1.807) is 25.4 Å². The summed E-state index contributed by atoms with van der Waals surface area (Å²) in [4.78, 5) is 36.6. The molecule has 148 valence electrons. The van der Waals surface area contributed by atoms with Crippen LogP contribution in [0.4, 0.5) is 0 Å². The van der Waals surface area contributed by atoms with E-state index < -0.39 is 11.7 Å². The van der Waals surface area contributed by atoms with E-state index >= 15 is 0 Å². The summed E-state index contributed by atoms with van der Waals surface area (Å²) in [5.41, 5.74) is 1.16. The second-order valence-corrected chi connectivity index (χ2v) is 7.71. The van der Waals surface area contributed by atoms with Gasteiger partial charge in [0.15, 0.2) is 0 Å². The second kappa shape index (κ2) is 8.36. The Morgan fingerprint density at radius 1 is 1.18 bits per heavy atom. The van der Waals surface area contributed by atoms with Crippen LogP contribution in [-0.2, 0) is 29.7 Å². The van der Waals surface area contributed by atoms with E-state index in [0.717, 1.165) is 5.56 Å². The normalized spacial score (nSPS) is 11.1. The molecule has 0 spiro atoms. The summed E-state index contributed by atoms with van der Waals surface area (Å²) in [7, 11) is 1.63. The number of nitrogens with zero attached hydrogens (tertiary/aromatic N) is 3. The lowest BCUT2D eigenvalue weighted by Gasteiger charge is -2.11. The number of aryl methyl sites for hydroxylation is 1. The number of carbonyl (C=O) groups excluding carboxylic acids is 1. The van der Waals surface area contributed by atoms with E-state index in [9.17, 15) is 14.4 Å². The van der Waals surface area contributed by atoms with Crippen LogP contribution in [0.3, 0.4) is 0 Å². The van der Waals surface area contributed by atoms with Gasteiger partial charge in [-0.1, -0.05) is 23.7 Å². The van der Waals surface area contributed by atoms with Gasteiger partial charge in [0.1, 0.15) is 5.52 Å². The van der Waals surface area contributed by atoms with Crippen LogP contribution in [0, 0.1) is 0 Å². The Morgan fingerprint density at radius 3 is 2.50 bits per heavy atom. The Bertz CT molecular complexity index is 1150. The predicted octanol–water partition coefficient (Wildman–Crippen LogP) is 2.92. The average Bonchev–Trinajstić information content (AvgIpc) is 2.97. The molecule has 0 N–H and O–H groups in total. The quantitative estimate of drug-likeness (QED) is 0.412. The predicted molar refractivity (Wildman–Crippen MR) is 111 cm³/mol. The first-order valence-electron chi connectivity index (χ1n) is 8.65. The highest BCUT2D eigenvalue weighted by Crippen LogP contribution is 2.24. The van der Waals surface area contributed by atoms with E-state index in [1.807, 2.05) is 16.7 Å². The third kappa shape index (κ3) is 4.07. The van der Waals surface area contributed by atoms with Gasteiger partial charge in [-0.05, 0) is 40.0 Å². The lowest BCUT2D eigenvalue weighted by atomic mass is 10.2. The summed E-state index contributed by atoms with van der Waals surface area (Å²) in [6.45, 7) is 2.09. The molecule has 0 aliphatic carbocycles. The molecule has 0 saturated carbocycles. The molecule has 7 nitrogen and oxygen atoms in total. The van der Waals surface area contributed by atoms with E-state index in [2.05, 4.69) is 15.9 Å². The first-order chi connectivity index (χ1) is 13.3. The first-order valence-corrected chi connectivity index (χ1v) is 9.82. The fraction of sp³-hybridized carbons (Fsp3) is 0.316. The highest BCUT2D eigenvalue weighted by molar-refractivity contribution is 9.10. The molecule has 3 rings (SSSR count). The Balaban J connectivity index is 2.04. The smallest absolute Gasteiger partial charge is 0.331 e. The number of fused-ring (bicyclic) bond motifs is 1. The van der Waals surface area contributed by atoms with Crippen LogP contribution in [0.1, 0.15) is 18.9 Å². The molecule has 0 amide bonds. The minimum Gasteiger partial charge on any atom is -0.466 e. The van der Waals surface area contributed by atoms with Gasteiger partial charge in [-0.25, -0.2) is 4.79 Å². The zero-order valence-corrected chi connectivity index (χ0v) is 17.8. The molecule has 2 aromatic heterocycles. The van der Waals surface area contributed by atoms with Crippen molar-refractivity contribution in [3.05, 3.63) is 66.4 Å². The minimum atomic E-state index is -0.412. The number of aromatic nitrogens is 3. The Kier molecular flexibility index (Phi) is 6.10. The largest absolute Gasteiger partial charge is 0.466 e. The lowest BCUT2D eigenvalue weighted by Crippen LogP contribution is -2.39. The molecule has 0 saturated heterocycles. The van der Waals surface area contributed by atoms with Gasteiger partial charge in [-0.15, -0.1) is 0 Å². The van der Waals surface area contributed by atoms with Gasteiger partial charge in [-0.2, -0.15) is 0 Å². The summed E-state index contributed by atoms with van der Waals surface area (Å²) in [6.07, 6.45) is 2.17. The molecule has 3 aromatic rings. The monoisotopic (exact) mass is 467 g/mol. The fourth-order valence-corrected chi connectivity index (χ4v) is 3.92. The maximum absolute atomic E-state index is 13.1. The fourth-order valence-electron chi connectivity index (χ4n) is 3.09. The Hall–Kier alpha value is -2.32. The van der Waals surface area contributed by atoms with E-state index in [1.165, 1.54) is 16.1 Å². The average molecular weight is 469 g/mol. The molecule has 2 heterocycles. The molecule has 0 radical (unpaired) electrons. The maximum Gasteiger partial charge on any atom is 0.331 e. The number of carbonyl (C=O) groups is 1. The van der Waals surface area contributed by atoms with Gasteiger partial charge >= 0.3 is 11.7 Å². The van der Waals surface area contributed by atoms with Crippen molar-refractivity contribution in [2.75, 3.05) is 6.61 Å². The lowest BCUT2D eigenvalue weighted by molar-refractivity contribution is -0.141.